The van der Waals surface area contributed by atoms with Crippen molar-refractivity contribution in [1.29, 1.82) is 0 Å². The number of nitrogens with two attached hydrogens (primary N) is 1. The monoisotopic (exact) mass is 363 g/mol. The fourth-order valence-corrected chi connectivity index (χ4v) is 2.67. The van der Waals surface area contributed by atoms with Crippen LogP contribution in [0.15, 0.2) is 36.4 Å². The second-order valence-electron chi connectivity index (χ2n) is 5.17. The average molecular weight is 364 g/mol. The molecule has 10 heteroatoms. The number of non-ortho nitro benzene ring substituents is 1. The molecule has 2 aromatic carbocycles. The van der Waals surface area contributed by atoms with Crippen LogP contribution in [0, 0.1) is 15.9 Å². The van der Waals surface area contributed by atoms with Gasteiger partial charge in [-0.2, -0.15) is 5.10 Å². The summed E-state index contributed by atoms with van der Waals surface area (Å²) in [6, 6.07) is 7.86. The molecule has 0 aliphatic rings. The highest BCUT2D eigenvalue weighted by molar-refractivity contribution is 6.31. The van der Waals surface area contributed by atoms with Crippen LogP contribution >= 0.6 is 11.6 Å². The van der Waals surface area contributed by atoms with E-state index in [0.717, 1.165) is 6.07 Å². The number of carbonyl (C=O) groups excluding carboxylic acids is 1. The van der Waals surface area contributed by atoms with Crippen molar-refractivity contribution in [3.63, 3.8) is 0 Å². The second kappa shape index (κ2) is 6.46. The predicted octanol–water partition coefficient (Wildman–Crippen LogP) is 2.39. The molecule has 1 heterocycles. The molecule has 1 amide bonds. The van der Waals surface area contributed by atoms with Crippen LogP contribution in [-0.2, 0) is 6.54 Å². The lowest BCUT2D eigenvalue weighted by Crippen LogP contribution is -2.30. The number of nitro benzene ring substituents is 1. The molecule has 0 saturated carbocycles. The first-order valence-corrected chi connectivity index (χ1v) is 7.38. The number of amides is 1. The maximum atomic E-state index is 13.2. The van der Waals surface area contributed by atoms with Crippen molar-refractivity contribution < 1.29 is 14.1 Å². The predicted molar refractivity (Wildman–Crippen MR) is 88.6 cm³/mol. The molecule has 0 atom stereocenters. The molecule has 0 radical (unpaired) electrons. The van der Waals surface area contributed by atoms with Crippen LogP contribution in [0.1, 0.15) is 16.1 Å². The number of halogens is 2. The summed E-state index contributed by atoms with van der Waals surface area (Å²) in [5.41, 5.74) is 2.74. The molecule has 0 fully saturated rings. The Kier molecular flexibility index (Phi) is 4.34. The molecule has 0 aliphatic heterocycles. The highest BCUT2D eigenvalue weighted by Crippen LogP contribution is 2.26. The van der Waals surface area contributed by atoms with Crippen LogP contribution in [-0.4, -0.2) is 20.6 Å². The Morgan fingerprint density at radius 3 is 2.76 bits per heavy atom. The Morgan fingerprint density at radius 1 is 1.36 bits per heavy atom. The van der Waals surface area contributed by atoms with Gasteiger partial charge in [-0.3, -0.25) is 25.0 Å². The molecule has 3 rings (SSSR count). The molecule has 1 aromatic heterocycles. The van der Waals surface area contributed by atoms with E-state index in [4.69, 9.17) is 17.4 Å². The minimum Gasteiger partial charge on any atom is -0.289 e. The standard InChI is InChI=1S/C15H11ClFN5O3/c16-12-5-9(17)2-1-8(12)7-21-13-6-10(22(24)25)3-4-11(13)14(20-21)15(23)19-18/h1-6H,7,18H2,(H,19,23). The van der Waals surface area contributed by atoms with Gasteiger partial charge in [-0.15, -0.1) is 0 Å². The Balaban J connectivity index is 2.16. The Hall–Kier alpha value is -3.04. The van der Waals surface area contributed by atoms with Gasteiger partial charge >= 0.3 is 0 Å². The zero-order chi connectivity index (χ0) is 18.1. The smallest absolute Gasteiger partial charge is 0.286 e. The highest BCUT2D eigenvalue weighted by Gasteiger charge is 2.20. The summed E-state index contributed by atoms with van der Waals surface area (Å²) in [6.07, 6.45) is 0. The van der Waals surface area contributed by atoms with E-state index in [0.29, 0.717) is 16.5 Å². The van der Waals surface area contributed by atoms with Gasteiger partial charge < -0.3 is 0 Å². The van der Waals surface area contributed by atoms with Crippen molar-refractivity contribution in [2.24, 2.45) is 5.84 Å². The number of fused-ring (bicyclic) bond motifs is 1. The van der Waals surface area contributed by atoms with Gasteiger partial charge in [0.2, 0.25) is 0 Å². The maximum absolute atomic E-state index is 13.2. The zero-order valence-electron chi connectivity index (χ0n) is 12.6. The summed E-state index contributed by atoms with van der Waals surface area (Å²) in [7, 11) is 0. The van der Waals surface area contributed by atoms with Gasteiger partial charge in [0.25, 0.3) is 11.6 Å². The van der Waals surface area contributed by atoms with Gasteiger partial charge in [0.15, 0.2) is 5.69 Å². The first-order valence-electron chi connectivity index (χ1n) is 7.00. The molecule has 0 spiro atoms. The number of carbonyl (C=O) groups is 1. The number of nitrogen functional groups attached to an aromatic ring is 1. The van der Waals surface area contributed by atoms with Crippen molar-refractivity contribution in [3.8, 4) is 0 Å². The summed E-state index contributed by atoms with van der Waals surface area (Å²) >= 11 is 6.02. The van der Waals surface area contributed by atoms with Crippen LogP contribution < -0.4 is 11.3 Å². The molecule has 25 heavy (non-hydrogen) atoms. The van der Waals surface area contributed by atoms with Crippen LogP contribution in [0.3, 0.4) is 0 Å². The van der Waals surface area contributed by atoms with E-state index >= 15 is 0 Å². The topological polar surface area (TPSA) is 116 Å². The molecule has 8 nitrogen and oxygen atoms in total. The molecule has 0 unspecified atom stereocenters. The van der Waals surface area contributed by atoms with E-state index in [1.165, 1.54) is 35.0 Å². The zero-order valence-corrected chi connectivity index (χ0v) is 13.3. The van der Waals surface area contributed by atoms with E-state index < -0.39 is 16.6 Å². The van der Waals surface area contributed by atoms with E-state index in [9.17, 15) is 19.3 Å². The summed E-state index contributed by atoms with van der Waals surface area (Å²) in [4.78, 5) is 22.4. The minimum atomic E-state index is -0.636. The molecule has 3 aromatic rings. The molecular weight excluding hydrogens is 353 g/mol. The molecule has 3 N–H and O–H groups in total. The van der Waals surface area contributed by atoms with E-state index in [1.807, 2.05) is 5.43 Å². The third-order valence-electron chi connectivity index (χ3n) is 3.63. The number of rotatable bonds is 4. The summed E-state index contributed by atoms with van der Waals surface area (Å²) < 4.78 is 14.6. The number of nitro groups is 1. The van der Waals surface area contributed by atoms with Gasteiger partial charge in [-0.25, -0.2) is 10.2 Å². The van der Waals surface area contributed by atoms with Crippen molar-refractivity contribution in [2.45, 2.75) is 6.54 Å². The van der Waals surface area contributed by atoms with Crippen molar-refractivity contribution >= 4 is 34.1 Å². The number of hydrogen-bond acceptors (Lipinski definition) is 5. The molecule has 0 bridgehead atoms. The number of nitrogens with one attached hydrogen (secondary N) is 1. The lowest BCUT2D eigenvalue weighted by Gasteiger charge is -2.06. The molecule has 0 aliphatic carbocycles. The summed E-state index contributed by atoms with van der Waals surface area (Å²) in [5, 5.41) is 15.8. The normalized spacial score (nSPS) is 10.8. The molecule has 0 saturated heterocycles. The van der Waals surface area contributed by atoms with E-state index in [-0.39, 0.29) is 22.9 Å². The van der Waals surface area contributed by atoms with Gasteiger partial charge in [0.1, 0.15) is 5.82 Å². The van der Waals surface area contributed by atoms with Gasteiger partial charge in [-0.1, -0.05) is 17.7 Å². The second-order valence-corrected chi connectivity index (χ2v) is 5.58. The van der Waals surface area contributed by atoms with Crippen molar-refractivity contribution in [2.75, 3.05) is 0 Å². The lowest BCUT2D eigenvalue weighted by atomic mass is 10.1. The fraction of sp³-hybridized carbons (Fsp3) is 0.0667. The van der Waals surface area contributed by atoms with Gasteiger partial charge in [-0.05, 0) is 23.8 Å². The lowest BCUT2D eigenvalue weighted by molar-refractivity contribution is -0.384. The Morgan fingerprint density at radius 2 is 2.12 bits per heavy atom. The Labute approximate surface area is 145 Å². The first kappa shape index (κ1) is 16.8. The highest BCUT2D eigenvalue weighted by atomic mass is 35.5. The van der Waals surface area contributed by atoms with Crippen LogP contribution in [0.4, 0.5) is 10.1 Å². The number of hydrazine groups is 1. The molecule has 128 valence electrons. The van der Waals surface area contributed by atoms with Crippen LogP contribution in [0.2, 0.25) is 5.02 Å². The largest absolute Gasteiger partial charge is 0.289 e. The average Bonchev–Trinajstić information content (AvgIpc) is 2.94. The minimum absolute atomic E-state index is 0.0191. The number of benzene rings is 2. The maximum Gasteiger partial charge on any atom is 0.286 e. The van der Waals surface area contributed by atoms with Gasteiger partial charge in [0, 0.05) is 22.5 Å². The number of hydrogen-bond donors (Lipinski definition) is 2. The van der Waals surface area contributed by atoms with E-state index in [2.05, 4.69) is 5.10 Å². The van der Waals surface area contributed by atoms with Gasteiger partial charge in [0.05, 0.1) is 17.0 Å². The number of aromatic nitrogens is 2. The third-order valence-corrected chi connectivity index (χ3v) is 3.98. The first-order chi connectivity index (χ1) is 11.9. The van der Waals surface area contributed by atoms with Crippen LogP contribution in [0.5, 0.6) is 0 Å². The van der Waals surface area contributed by atoms with Crippen LogP contribution in [0.25, 0.3) is 10.9 Å². The summed E-state index contributed by atoms with van der Waals surface area (Å²) in [6.45, 7) is 0.0919. The quantitative estimate of drug-likeness (QED) is 0.319. The van der Waals surface area contributed by atoms with Crippen molar-refractivity contribution in [1.82, 2.24) is 15.2 Å². The van der Waals surface area contributed by atoms with E-state index in [1.54, 1.807) is 0 Å². The fourth-order valence-electron chi connectivity index (χ4n) is 2.44. The molecular formula is C15H11ClFN5O3. The third kappa shape index (κ3) is 3.14. The summed E-state index contributed by atoms with van der Waals surface area (Å²) in [5.74, 6) is 4.03. The SMILES string of the molecule is NNC(=O)c1nn(Cc2ccc(F)cc2Cl)c2cc([N+](=O)[O-])ccc12. The number of nitrogens with zero attached hydrogens (tertiary/aromatic N) is 3. The van der Waals surface area contributed by atoms with Crippen molar-refractivity contribution in [3.05, 3.63) is 68.6 Å². The Bertz CT molecular complexity index is 1000.